The summed E-state index contributed by atoms with van der Waals surface area (Å²) in [5.74, 6) is 2.65. The van der Waals surface area contributed by atoms with Crippen LogP contribution in [0.3, 0.4) is 0 Å². The number of carbonyl (C=O) groups excluding carboxylic acids is 2. The highest BCUT2D eigenvalue weighted by molar-refractivity contribution is 5.86. The lowest BCUT2D eigenvalue weighted by Crippen LogP contribution is -2.43. The van der Waals surface area contributed by atoms with Crippen molar-refractivity contribution in [1.82, 2.24) is 15.6 Å². The molecule has 1 fully saturated rings. The number of nitrogens with one attached hydrogen (secondary N) is 2. The third-order valence-corrected chi connectivity index (χ3v) is 4.41. The third-order valence-electron chi connectivity index (χ3n) is 4.41. The number of terminal acetylenes is 1. The Balaban J connectivity index is 1.56. The zero-order valence-electron chi connectivity index (χ0n) is 15.1. The molecule has 144 valence electrons. The first kappa shape index (κ1) is 19.1. The molecule has 2 N–H and O–H groups in total. The van der Waals surface area contributed by atoms with Gasteiger partial charge in [0.25, 0.3) is 5.89 Å². The fourth-order valence-corrected chi connectivity index (χ4v) is 2.97. The lowest BCUT2D eigenvalue weighted by Gasteiger charge is -2.30. The Hall–Kier alpha value is -3.72. The molecule has 0 unspecified atom stereocenters. The number of nitrogens with zero attached hydrogens (tertiary/aromatic N) is 3. The minimum absolute atomic E-state index is 0.103. The first-order valence-electron chi connectivity index (χ1n) is 8.80. The standard InChI is InChI=1S/C19H19N5O4/c1-2-7-21-16(25)12-22-17(26)13-5-8-24(9-6-13)19-14(11-20)23-18(28-19)15-4-3-10-27-15/h1,3-4,10,13H,5-9,12H2,(H,21,25)(H,22,26). The molecule has 9 heteroatoms. The zero-order chi connectivity index (χ0) is 19.9. The summed E-state index contributed by atoms with van der Waals surface area (Å²) in [4.78, 5) is 29.8. The molecular formula is C19H19N5O4. The number of hydrogen-bond acceptors (Lipinski definition) is 7. The van der Waals surface area contributed by atoms with Gasteiger partial charge in [-0.1, -0.05) is 5.92 Å². The normalized spacial score (nSPS) is 14.1. The molecule has 0 atom stereocenters. The Bertz CT molecular complexity index is 911. The predicted octanol–water partition coefficient (Wildman–Crippen LogP) is 0.888. The average Bonchev–Trinajstić information content (AvgIpc) is 3.40. The van der Waals surface area contributed by atoms with Gasteiger partial charge in [-0.15, -0.1) is 6.42 Å². The van der Waals surface area contributed by atoms with Crippen LogP contribution in [0.2, 0.25) is 0 Å². The molecule has 3 rings (SSSR count). The van der Waals surface area contributed by atoms with E-state index in [1.165, 1.54) is 6.26 Å². The van der Waals surface area contributed by atoms with E-state index in [1.807, 2.05) is 11.0 Å². The van der Waals surface area contributed by atoms with Gasteiger partial charge in [0.1, 0.15) is 6.07 Å². The number of rotatable bonds is 6. The van der Waals surface area contributed by atoms with Gasteiger partial charge >= 0.3 is 0 Å². The molecule has 1 aliphatic heterocycles. The van der Waals surface area contributed by atoms with E-state index in [0.717, 1.165) is 0 Å². The summed E-state index contributed by atoms with van der Waals surface area (Å²) in [5.41, 5.74) is 0.180. The van der Waals surface area contributed by atoms with E-state index in [4.69, 9.17) is 15.3 Å². The minimum atomic E-state index is -0.325. The number of amides is 2. The Morgan fingerprint density at radius 1 is 1.36 bits per heavy atom. The van der Waals surface area contributed by atoms with Gasteiger partial charge in [-0.05, 0) is 25.0 Å². The quantitative estimate of drug-likeness (QED) is 0.712. The summed E-state index contributed by atoms with van der Waals surface area (Å²) in [6.45, 7) is 1.09. The van der Waals surface area contributed by atoms with Crippen molar-refractivity contribution in [3.8, 4) is 30.1 Å². The van der Waals surface area contributed by atoms with Gasteiger partial charge in [-0.2, -0.15) is 10.2 Å². The molecule has 9 nitrogen and oxygen atoms in total. The van der Waals surface area contributed by atoms with E-state index in [0.29, 0.717) is 37.6 Å². The molecular weight excluding hydrogens is 362 g/mol. The number of furan rings is 1. The van der Waals surface area contributed by atoms with Gasteiger partial charge in [0, 0.05) is 19.0 Å². The zero-order valence-corrected chi connectivity index (χ0v) is 15.1. The van der Waals surface area contributed by atoms with Crippen LogP contribution in [0, 0.1) is 29.6 Å². The van der Waals surface area contributed by atoms with Crippen molar-refractivity contribution in [1.29, 1.82) is 5.26 Å². The van der Waals surface area contributed by atoms with E-state index in [1.54, 1.807) is 12.1 Å². The number of carbonyl (C=O) groups is 2. The van der Waals surface area contributed by atoms with Crippen LogP contribution in [0.4, 0.5) is 5.88 Å². The van der Waals surface area contributed by atoms with E-state index >= 15 is 0 Å². The van der Waals surface area contributed by atoms with Crippen molar-refractivity contribution in [3.05, 3.63) is 24.1 Å². The van der Waals surface area contributed by atoms with Gasteiger partial charge < -0.3 is 24.4 Å². The Labute approximate surface area is 161 Å². The van der Waals surface area contributed by atoms with Crippen molar-refractivity contribution >= 4 is 17.7 Å². The molecule has 2 amide bonds. The van der Waals surface area contributed by atoms with Crippen LogP contribution < -0.4 is 15.5 Å². The molecule has 2 aromatic rings. The third kappa shape index (κ3) is 4.33. The highest BCUT2D eigenvalue weighted by atomic mass is 16.4. The number of anilines is 1. The molecule has 1 saturated heterocycles. The number of hydrogen-bond donors (Lipinski definition) is 2. The van der Waals surface area contributed by atoms with Crippen LogP contribution in [-0.4, -0.2) is 43.0 Å². The lowest BCUT2D eigenvalue weighted by atomic mass is 9.96. The molecule has 0 saturated carbocycles. The van der Waals surface area contributed by atoms with Crippen LogP contribution in [0.5, 0.6) is 0 Å². The summed E-state index contributed by atoms with van der Waals surface area (Å²) >= 11 is 0. The largest absolute Gasteiger partial charge is 0.459 e. The fourth-order valence-electron chi connectivity index (χ4n) is 2.97. The van der Waals surface area contributed by atoms with Crippen molar-refractivity contribution in [2.24, 2.45) is 5.92 Å². The van der Waals surface area contributed by atoms with E-state index in [-0.39, 0.29) is 42.4 Å². The maximum absolute atomic E-state index is 12.3. The Morgan fingerprint density at radius 2 is 2.14 bits per heavy atom. The minimum Gasteiger partial charge on any atom is -0.459 e. The maximum Gasteiger partial charge on any atom is 0.266 e. The molecule has 0 radical (unpaired) electrons. The SMILES string of the molecule is C#CCNC(=O)CNC(=O)C1CCN(c2oc(-c3ccco3)nc2C#N)CC1. The van der Waals surface area contributed by atoms with Crippen molar-refractivity contribution in [2.45, 2.75) is 12.8 Å². The maximum atomic E-state index is 12.3. The van der Waals surface area contributed by atoms with Gasteiger partial charge in [0.05, 0.1) is 19.4 Å². The second kappa shape index (κ2) is 8.78. The topological polar surface area (TPSA) is 124 Å². The van der Waals surface area contributed by atoms with Crippen LogP contribution in [0.15, 0.2) is 27.2 Å². The fraction of sp³-hybridized carbons (Fsp3) is 0.368. The molecule has 0 spiro atoms. The van der Waals surface area contributed by atoms with Crippen LogP contribution >= 0.6 is 0 Å². The molecule has 2 aromatic heterocycles. The summed E-state index contributed by atoms with van der Waals surface area (Å²) in [7, 11) is 0. The highest BCUT2D eigenvalue weighted by Gasteiger charge is 2.29. The van der Waals surface area contributed by atoms with Crippen LogP contribution in [-0.2, 0) is 9.59 Å². The van der Waals surface area contributed by atoms with Gasteiger partial charge in [-0.25, -0.2) is 0 Å². The average molecular weight is 381 g/mol. The highest BCUT2D eigenvalue weighted by Crippen LogP contribution is 2.31. The first-order chi connectivity index (χ1) is 13.6. The molecule has 3 heterocycles. The summed E-state index contributed by atoms with van der Waals surface area (Å²) in [6.07, 6.45) is 7.71. The number of nitriles is 1. The summed E-state index contributed by atoms with van der Waals surface area (Å²) in [5, 5.41) is 14.5. The summed E-state index contributed by atoms with van der Waals surface area (Å²) < 4.78 is 11.0. The molecule has 0 bridgehead atoms. The van der Waals surface area contributed by atoms with Crippen molar-refractivity contribution in [2.75, 3.05) is 31.1 Å². The molecule has 28 heavy (non-hydrogen) atoms. The Kier molecular flexibility index (Phi) is 5.97. The predicted molar refractivity (Wildman–Crippen MR) is 98.7 cm³/mol. The van der Waals surface area contributed by atoms with Crippen LogP contribution in [0.25, 0.3) is 11.7 Å². The second-order valence-corrected chi connectivity index (χ2v) is 6.22. The second-order valence-electron chi connectivity index (χ2n) is 6.22. The lowest BCUT2D eigenvalue weighted by molar-refractivity contribution is -0.128. The van der Waals surface area contributed by atoms with E-state index in [2.05, 4.69) is 21.5 Å². The van der Waals surface area contributed by atoms with Crippen molar-refractivity contribution in [3.63, 3.8) is 0 Å². The number of oxazole rings is 1. The number of aromatic nitrogens is 1. The molecule has 1 aliphatic rings. The first-order valence-corrected chi connectivity index (χ1v) is 8.80. The van der Waals surface area contributed by atoms with E-state index < -0.39 is 0 Å². The van der Waals surface area contributed by atoms with Gasteiger partial charge in [0.2, 0.25) is 23.4 Å². The molecule has 0 aliphatic carbocycles. The van der Waals surface area contributed by atoms with Gasteiger partial charge in [0.15, 0.2) is 5.76 Å². The summed E-state index contributed by atoms with van der Waals surface area (Å²) in [6, 6.07) is 5.44. The van der Waals surface area contributed by atoms with Gasteiger partial charge in [-0.3, -0.25) is 9.59 Å². The monoisotopic (exact) mass is 381 g/mol. The smallest absolute Gasteiger partial charge is 0.266 e. The Morgan fingerprint density at radius 3 is 2.79 bits per heavy atom. The number of piperidine rings is 1. The van der Waals surface area contributed by atoms with Crippen molar-refractivity contribution < 1.29 is 18.4 Å². The van der Waals surface area contributed by atoms with Crippen LogP contribution in [0.1, 0.15) is 18.5 Å². The molecule has 0 aromatic carbocycles. The van der Waals surface area contributed by atoms with E-state index in [9.17, 15) is 14.9 Å².